The van der Waals surface area contributed by atoms with Crippen molar-refractivity contribution in [3.05, 3.63) is 66.1 Å². The van der Waals surface area contributed by atoms with E-state index in [0.29, 0.717) is 29.1 Å². The maximum Gasteiger partial charge on any atom is 0.276 e. The van der Waals surface area contributed by atoms with Crippen LogP contribution in [0.1, 0.15) is 28.9 Å². The molecule has 1 saturated heterocycles. The lowest BCUT2D eigenvalue weighted by molar-refractivity contribution is 0.102. The van der Waals surface area contributed by atoms with Crippen LogP contribution < -0.4 is 21.7 Å². The Bertz CT molecular complexity index is 1150. The molecule has 0 saturated carbocycles. The Morgan fingerprint density at radius 1 is 1.23 bits per heavy atom. The van der Waals surface area contributed by atoms with Crippen LogP contribution in [0.5, 0.6) is 0 Å². The van der Waals surface area contributed by atoms with Crippen LogP contribution in [0, 0.1) is 11.3 Å². The lowest BCUT2D eigenvalue weighted by atomic mass is 10.0. The lowest BCUT2D eigenvalue weighted by Crippen LogP contribution is -2.43. The molecule has 3 aromatic rings. The monoisotopic (exact) mass is 413 g/mol. The van der Waals surface area contributed by atoms with E-state index in [1.54, 1.807) is 42.7 Å². The fourth-order valence-corrected chi connectivity index (χ4v) is 3.78. The third-order valence-corrected chi connectivity index (χ3v) is 5.31. The highest BCUT2D eigenvalue weighted by atomic mass is 16.1. The summed E-state index contributed by atoms with van der Waals surface area (Å²) in [5.41, 5.74) is 15.6. The van der Waals surface area contributed by atoms with Crippen molar-refractivity contribution < 1.29 is 4.79 Å². The minimum absolute atomic E-state index is 0.0930. The molecule has 2 aromatic heterocycles. The summed E-state index contributed by atoms with van der Waals surface area (Å²) in [6, 6.07) is 14.5. The maximum absolute atomic E-state index is 13.1. The second-order valence-electron chi connectivity index (χ2n) is 7.49. The topological polar surface area (TPSA) is 134 Å². The Hall–Kier alpha value is -3.96. The number of nitrogen functional groups attached to an aromatic ring is 1. The second kappa shape index (κ2) is 8.81. The lowest BCUT2D eigenvalue weighted by Gasteiger charge is -2.33. The molecule has 1 aromatic carbocycles. The van der Waals surface area contributed by atoms with Crippen LogP contribution in [0.4, 0.5) is 17.1 Å². The van der Waals surface area contributed by atoms with Crippen LogP contribution >= 0.6 is 0 Å². The van der Waals surface area contributed by atoms with Crippen LogP contribution in [-0.2, 0) is 0 Å². The van der Waals surface area contributed by atoms with E-state index in [9.17, 15) is 10.1 Å². The number of amides is 1. The van der Waals surface area contributed by atoms with Gasteiger partial charge in [-0.2, -0.15) is 5.26 Å². The Balaban J connectivity index is 1.64. The number of nitrogens with one attached hydrogen (secondary N) is 1. The molecule has 0 spiro atoms. The van der Waals surface area contributed by atoms with Crippen LogP contribution in [-0.4, -0.2) is 35.0 Å². The fraction of sp³-hybridized carbons (Fsp3) is 0.217. The summed E-state index contributed by atoms with van der Waals surface area (Å²) in [6.45, 7) is 1.58. The zero-order valence-electron chi connectivity index (χ0n) is 17.0. The van der Waals surface area contributed by atoms with Gasteiger partial charge in [-0.1, -0.05) is 18.2 Å². The van der Waals surface area contributed by atoms with Gasteiger partial charge in [0, 0.05) is 30.9 Å². The molecule has 156 valence electrons. The fourth-order valence-electron chi connectivity index (χ4n) is 3.78. The smallest absolute Gasteiger partial charge is 0.276 e. The van der Waals surface area contributed by atoms with E-state index >= 15 is 0 Å². The van der Waals surface area contributed by atoms with Crippen molar-refractivity contribution in [1.29, 1.82) is 5.26 Å². The summed E-state index contributed by atoms with van der Waals surface area (Å²) in [5.74, 6) is -0.440. The van der Waals surface area contributed by atoms with Crippen molar-refractivity contribution >= 4 is 23.0 Å². The quantitative estimate of drug-likeness (QED) is 0.599. The van der Waals surface area contributed by atoms with Gasteiger partial charge in [-0.15, -0.1) is 0 Å². The van der Waals surface area contributed by atoms with E-state index < -0.39 is 5.91 Å². The molecule has 31 heavy (non-hydrogen) atoms. The summed E-state index contributed by atoms with van der Waals surface area (Å²) in [6.07, 6.45) is 5.28. The highest BCUT2D eigenvalue weighted by molar-refractivity contribution is 6.08. The van der Waals surface area contributed by atoms with E-state index in [4.69, 9.17) is 11.5 Å². The van der Waals surface area contributed by atoms with Gasteiger partial charge in [0.05, 0.1) is 40.6 Å². The second-order valence-corrected chi connectivity index (χ2v) is 7.49. The summed E-state index contributed by atoms with van der Waals surface area (Å²) < 4.78 is 0. The number of carbonyl (C=O) groups is 1. The van der Waals surface area contributed by atoms with Crippen molar-refractivity contribution in [3.8, 4) is 17.3 Å². The SMILES string of the molecule is N#Cc1ccccc1-c1ccc(N)c(C(=O)Nc2cnccc2N2CCC[C@H](N)C2)n1. The Morgan fingerprint density at radius 3 is 2.87 bits per heavy atom. The number of nitriles is 1. The minimum Gasteiger partial charge on any atom is -0.397 e. The van der Waals surface area contributed by atoms with Gasteiger partial charge >= 0.3 is 0 Å². The molecule has 1 aliphatic heterocycles. The predicted molar refractivity (Wildman–Crippen MR) is 120 cm³/mol. The average molecular weight is 413 g/mol. The molecular formula is C23H23N7O. The molecule has 5 N–H and O–H groups in total. The van der Waals surface area contributed by atoms with Gasteiger partial charge in [-0.3, -0.25) is 9.78 Å². The van der Waals surface area contributed by atoms with Gasteiger partial charge in [0.15, 0.2) is 5.69 Å². The van der Waals surface area contributed by atoms with Crippen molar-refractivity contribution in [2.45, 2.75) is 18.9 Å². The van der Waals surface area contributed by atoms with Crippen LogP contribution in [0.2, 0.25) is 0 Å². The van der Waals surface area contributed by atoms with E-state index in [1.165, 1.54) is 0 Å². The zero-order chi connectivity index (χ0) is 21.8. The summed E-state index contributed by atoms with van der Waals surface area (Å²) in [7, 11) is 0. The molecule has 0 unspecified atom stereocenters. The van der Waals surface area contributed by atoms with Crippen LogP contribution in [0.3, 0.4) is 0 Å². The number of pyridine rings is 2. The highest BCUT2D eigenvalue weighted by Gasteiger charge is 2.21. The van der Waals surface area contributed by atoms with Crippen molar-refractivity contribution in [1.82, 2.24) is 9.97 Å². The first-order valence-corrected chi connectivity index (χ1v) is 10.1. The molecule has 8 nitrogen and oxygen atoms in total. The van der Waals surface area contributed by atoms with Gasteiger partial charge < -0.3 is 21.7 Å². The zero-order valence-corrected chi connectivity index (χ0v) is 17.0. The van der Waals surface area contributed by atoms with Crippen molar-refractivity contribution in [2.75, 3.05) is 29.0 Å². The largest absolute Gasteiger partial charge is 0.397 e. The number of aromatic nitrogens is 2. The van der Waals surface area contributed by atoms with E-state index in [0.717, 1.165) is 25.1 Å². The highest BCUT2D eigenvalue weighted by Crippen LogP contribution is 2.29. The van der Waals surface area contributed by atoms with E-state index in [1.807, 2.05) is 12.1 Å². The molecule has 8 heteroatoms. The Kier molecular flexibility index (Phi) is 5.78. The molecule has 0 bridgehead atoms. The van der Waals surface area contributed by atoms with E-state index in [2.05, 4.69) is 26.3 Å². The maximum atomic E-state index is 13.1. The van der Waals surface area contributed by atoms with Gasteiger partial charge in [-0.05, 0) is 37.1 Å². The van der Waals surface area contributed by atoms with Crippen molar-refractivity contribution in [3.63, 3.8) is 0 Å². The van der Waals surface area contributed by atoms with E-state index in [-0.39, 0.29) is 17.4 Å². The third kappa shape index (κ3) is 4.32. The standard InChI is InChI=1S/C23H23N7O/c24-12-15-4-1-2-6-17(15)19-8-7-18(26)22(28-19)23(31)29-20-13-27-10-9-21(20)30-11-3-5-16(25)14-30/h1-2,4,6-10,13,16H,3,5,11,14,25-26H2,(H,29,31)/t16-/m0/s1. The number of benzene rings is 1. The number of nitrogens with zero attached hydrogens (tertiary/aromatic N) is 4. The number of piperidine rings is 1. The average Bonchev–Trinajstić information content (AvgIpc) is 2.79. The number of hydrogen-bond donors (Lipinski definition) is 3. The first-order chi connectivity index (χ1) is 15.1. The molecule has 1 atom stereocenters. The third-order valence-electron chi connectivity index (χ3n) is 5.31. The summed E-state index contributed by atoms with van der Waals surface area (Å²) in [4.78, 5) is 23.9. The molecular weight excluding hydrogens is 390 g/mol. The first-order valence-electron chi connectivity index (χ1n) is 10.1. The normalized spacial score (nSPS) is 15.9. The molecule has 0 radical (unpaired) electrons. The molecule has 1 aliphatic rings. The van der Waals surface area contributed by atoms with Gasteiger partial charge in [0.25, 0.3) is 5.91 Å². The predicted octanol–water partition coefficient (Wildman–Crippen LogP) is 2.78. The van der Waals surface area contributed by atoms with Gasteiger partial charge in [0.2, 0.25) is 0 Å². The number of carbonyl (C=O) groups excluding carboxylic acids is 1. The van der Waals surface area contributed by atoms with Crippen LogP contribution in [0.15, 0.2) is 54.9 Å². The number of nitrogens with two attached hydrogens (primary N) is 2. The molecule has 1 fully saturated rings. The number of rotatable bonds is 4. The van der Waals surface area contributed by atoms with Gasteiger partial charge in [0.1, 0.15) is 0 Å². The number of hydrogen-bond acceptors (Lipinski definition) is 7. The minimum atomic E-state index is -0.440. The molecule has 0 aliphatic carbocycles. The molecule has 1 amide bonds. The first kappa shape index (κ1) is 20.3. The summed E-state index contributed by atoms with van der Waals surface area (Å²) in [5, 5.41) is 12.3. The molecule has 4 rings (SSSR count). The Labute approximate surface area is 180 Å². The molecule has 3 heterocycles. The number of anilines is 3. The van der Waals surface area contributed by atoms with Crippen LogP contribution in [0.25, 0.3) is 11.3 Å². The Morgan fingerprint density at radius 2 is 2.06 bits per heavy atom. The van der Waals surface area contributed by atoms with Crippen molar-refractivity contribution in [2.24, 2.45) is 5.73 Å². The van der Waals surface area contributed by atoms with Gasteiger partial charge in [-0.25, -0.2) is 4.98 Å². The summed E-state index contributed by atoms with van der Waals surface area (Å²) >= 11 is 0.